The van der Waals surface area contributed by atoms with E-state index in [1.54, 1.807) is 12.1 Å². The summed E-state index contributed by atoms with van der Waals surface area (Å²) in [5, 5.41) is 2.88. The van der Waals surface area contributed by atoms with Crippen LogP contribution in [0.15, 0.2) is 24.3 Å². The van der Waals surface area contributed by atoms with Crippen LogP contribution in [-0.2, 0) is 4.79 Å². The molecule has 0 saturated heterocycles. The van der Waals surface area contributed by atoms with Gasteiger partial charge in [0.1, 0.15) is 5.82 Å². The zero-order valence-corrected chi connectivity index (χ0v) is 12.5. The summed E-state index contributed by atoms with van der Waals surface area (Å²) in [6.45, 7) is 2.52. The van der Waals surface area contributed by atoms with Crippen LogP contribution in [0.3, 0.4) is 0 Å². The van der Waals surface area contributed by atoms with Crippen LogP contribution < -0.4 is 11.1 Å². The molecule has 1 fully saturated rings. The highest BCUT2D eigenvalue weighted by atomic mass is 35.5. The number of nitrogens with two attached hydrogens (primary N) is 1. The van der Waals surface area contributed by atoms with Crippen molar-refractivity contribution in [2.45, 2.75) is 38.1 Å². The minimum absolute atomic E-state index is 0. The first-order chi connectivity index (χ1) is 9.06. The quantitative estimate of drug-likeness (QED) is 0.848. The molecule has 2 atom stereocenters. The van der Waals surface area contributed by atoms with E-state index in [1.807, 2.05) is 6.92 Å². The van der Waals surface area contributed by atoms with Crippen molar-refractivity contribution in [2.75, 3.05) is 6.54 Å². The number of benzene rings is 1. The van der Waals surface area contributed by atoms with Gasteiger partial charge in [0.2, 0.25) is 5.91 Å². The molecule has 1 aliphatic carbocycles. The minimum atomic E-state index is -0.254. The van der Waals surface area contributed by atoms with Crippen LogP contribution in [0.4, 0.5) is 4.39 Å². The number of amides is 1. The first-order valence-corrected chi connectivity index (χ1v) is 6.84. The number of hydrogen-bond donors (Lipinski definition) is 2. The molecule has 112 valence electrons. The van der Waals surface area contributed by atoms with Gasteiger partial charge in [-0.05, 0) is 42.4 Å². The van der Waals surface area contributed by atoms with Gasteiger partial charge in [-0.25, -0.2) is 4.39 Å². The first kappa shape index (κ1) is 16.9. The van der Waals surface area contributed by atoms with E-state index in [9.17, 15) is 9.18 Å². The zero-order chi connectivity index (χ0) is 13.8. The summed E-state index contributed by atoms with van der Waals surface area (Å²) in [6.07, 6.45) is 2.77. The lowest BCUT2D eigenvalue weighted by molar-refractivity contribution is -0.121. The van der Waals surface area contributed by atoms with Gasteiger partial charge in [0.25, 0.3) is 0 Å². The average Bonchev–Trinajstić information content (AvgIpc) is 3.21. The smallest absolute Gasteiger partial charge is 0.220 e. The lowest BCUT2D eigenvalue weighted by Crippen LogP contribution is -2.38. The predicted octanol–water partition coefficient (Wildman–Crippen LogP) is 2.59. The zero-order valence-electron chi connectivity index (χ0n) is 11.6. The molecule has 3 N–H and O–H groups in total. The number of rotatable bonds is 6. The van der Waals surface area contributed by atoms with Gasteiger partial charge in [-0.2, -0.15) is 0 Å². The second-order valence-electron chi connectivity index (χ2n) is 5.46. The second-order valence-corrected chi connectivity index (χ2v) is 5.46. The van der Waals surface area contributed by atoms with E-state index in [0.717, 1.165) is 5.56 Å². The lowest BCUT2D eigenvalue weighted by atomic mass is 9.97. The third-order valence-electron chi connectivity index (χ3n) is 3.69. The predicted molar refractivity (Wildman–Crippen MR) is 80.4 cm³/mol. The van der Waals surface area contributed by atoms with Crippen molar-refractivity contribution in [2.24, 2.45) is 11.7 Å². The highest BCUT2D eigenvalue weighted by Crippen LogP contribution is 2.31. The van der Waals surface area contributed by atoms with Crippen LogP contribution >= 0.6 is 12.4 Å². The summed E-state index contributed by atoms with van der Waals surface area (Å²) in [4.78, 5) is 11.8. The van der Waals surface area contributed by atoms with Crippen LogP contribution in [0.5, 0.6) is 0 Å². The Kier molecular flexibility index (Phi) is 6.43. The standard InChI is InChI=1S/C15H21FN2O.ClH/c1-10(11-4-6-13(16)7-5-11)8-15(19)18-9-14(17)12-2-3-12;/h4-7,10,12,14H,2-3,8-9,17H2,1H3,(H,18,19);1H. The molecule has 1 aromatic carbocycles. The number of carbonyl (C=O) groups is 1. The van der Waals surface area contributed by atoms with Crippen molar-refractivity contribution in [3.8, 4) is 0 Å². The number of nitrogens with one attached hydrogen (secondary N) is 1. The fourth-order valence-electron chi connectivity index (χ4n) is 2.18. The third-order valence-corrected chi connectivity index (χ3v) is 3.69. The molecule has 1 saturated carbocycles. The summed E-state index contributed by atoms with van der Waals surface area (Å²) in [6, 6.07) is 6.39. The van der Waals surface area contributed by atoms with Gasteiger partial charge in [-0.3, -0.25) is 4.79 Å². The molecule has 0 aliphatic heterocycles. The SMILES string of the molecule is CC(CC(=O)NCC(N)C1CC1)c1ccc(F)cc1.Cl. The third kappa shape index (κ3) is 5.10. The molecule has 1 aromatic rings. The van der Waals surface area contributed by atoms with E-state index in [2.05, 4.69) is 5.32 Å². The summed E-state index contributed by atoms with van der Waals surface area (Å²) in [5.74, 6) is 0.427. The molecular formula is C15H22ClFN2O. The van der Waals surface area contributed by atoms with Gasteiger partial charge in [0, 0.05) is 19.0 Å². The van der Waals surface area contributed by atoms with E-state index in [1.165, 1.54) is 25.0 Å². The summed E-state index contributed by atoms with van der Waals surface area (Å²) >= 11 is 0. The van der Waals surface area contributed by atoms with Crippen LogP contribution in [-0.4, -0.2) is 18.5 Å². The Balaban J connectivity index is 0.00000200. The topological polar surface area (TPSA) is 55.1 Å². The molecule has 0 spiro atoms. The maximum atomic E-state index is 12.8. The Morgan fingerprint density at radius 2 is 2.00 bits per heavy atom. The maximum absolute atomic E-state index is 12.8. The normalized spacial score (nSPS) is 16.9. The van der Waals surface area contributed by atoms with Crippen LogP contribution in [0, 0.1) is 11.7 Å². The van der Waals surface area contributed by atoms with Crippen LogP contribution in [0.1, 0.15) is 37.7 Å². The molecule has 2 unspecified atom stereocenters. The monoisotopic (exact) mass is 300 g/mol. The van der Waals surface area contributed by atoms with Gasteiger partial charge in [0.15, 0.2) is 0 Å². The average molecular weight is 301 g/mol. The molecule has 1 amide bonds. The number of hydrogen-bond acceptors (Lipinski definition) is 2. The second kappa shape index (κ2) is 7.60. The largest absolute Gasteiger partial charge is 0.355 e. The lowest BCUT2D eigenvalue weighted by Gasteiger charge is -2.14. The highest BCUT2D eigenvalue weighted by Gasteiger charge is 2.28. The molecule has 1 aliphatic rings. The van der Waals surface area contributed by atoms with Crippen molar-refractivity contribution in [3.63, 3.8) is 0 Å². The molecular weight excluding hydrogens is 279 g/mol. The summed E-state index contributed by atoms with van der Waals surface area (Å²) < 4.78 is 12.8. The molecule has 5 heteroatoms. The molecule has 0 radical (unpaired) electrons. The van der Waals surface area contributed by atoms with E-state index in [0.29, 0.717) is 18.9 Å². The maximum Gasteiger partial charge on any atom is 0.220 e. The fraction of sp³-hybridized carbons (Fsp3) is 0.533. The van der Waals surface area contributed by atoms with Crippen molar-refractivity contribution in [1.29, 1.82) is 0 Å². The van der Waals surface area contributed by atoms with Gasteiger partial charge in [-0.15, -0.1) is 12.4 Å². The number of halogens is 2. The van der Waals surface area contributed by atoms with E-state index in [-0.39, 0.29) is 36.1 Å². The first-order valence-electron chi connectivity index (χ1n) is 6.84. The Hall–Kier alpha value is -1.13. The van der Waals surface area contributed by atoms with Gasteiger partial charge < -0.3 is 11.1 Å². The van der Waals surface area contributed by atoms with Crippen LogP contribution in [0.2, 0.25) is 0 Å². The molecule has 0 heterocycles. The van der Waals surface area contributed by atoms with E-state index < -0.39 is 0 Å². The number of carbonyl (C=O) groups excluding carboxylic acids is 1. The summed E-state index contributed by atoms with van der Waals surface area (Å²) in [5.41, 5.74) is 6.90. The van der Waals surface area contributed by atoms with Gasteiger partial charge in [-0.1, -0.05) is 19.1 Å². The Morgan fingerprint density at radius 1 is 1.40 bits per heavy atom. The fourth-order valence-corrected chi connectivity index (χ4v) is 2.18. The van der Waals surface area contributed by atoms with Gasteiger partial charge >= 0.3 is 0 Å². The Labute approximate surface area is 125 Å². The molecule has 0 aromatic heterocycles. The van der Waals surface area contributed by atoms with Crippen molar-refractivity contribution < 1.29 is 9.18 Å². The molecule has 0 bridgehead atoms. The highest BCUT2D eigenvalue weighted by molar-refractivity contribution is 5.85. The van der Waals surface area contributed by atoms with Crippen molar-refractivity contribution >= 4 is 18.3 Å². The van der Waals surface area contributed by atoms with Crippen molar-refractivity contribution in [1.82, 2.24) is 5.32 Å². The Morgan fingerprint density at radius 3 is 2.55 bits per heavy atom. The van der Waals surface area contributed by atoms with Gasteiger partial charge in [0.05, 0.1) is 0 Å². The van der Waals surface area contributed by atoms with E-state index >= 15 is 0 Å². The molecule has 3 nitrogen and oxygen atoms in total. The Bertz CT molecular complexity index is 434. The molecule has 2 rings (SSSR count). The van der Waals surface area contributed by atoms with Crippen LogP contribution in [0.25, 0.3) is 0 Å². The molecule has 20 heavy (non-hydrogen) atoms. The summed E-state index contributed by atoms with van der Waals surface area (Å²) in [7, 11) is 0. The van der Waals surface area contributed by atoms with Crippen molar-refractivity contribution in [3.05, 3.63) is 35.6 Å². The van der Waals surface area contributed by atoms with E-state index in [4.69, 9.17) is 5.73 Å². The minimum Gasteiger partial charge on any atom is -0.355 e.